The Hall–Kier alpha value is -1.79. The predicted octanol–water partition coefficient (Wildman–Crippen LogP) is 3.16. The van der Waals surface area contributed by atoms with Gasteiger partial charge in [-0.1, -0.05) is 35.5 Å². The highest BCUT2D eigenvalue weighted by Crippen LogP contribution is 2.40. The van der Waals surface area contributed by atoms with E-state index in [1.165, 1.54) is 18.9 Å². The van der Waals surface area contributed by atoms with Gasteiger partial charge in [-0.3, -0.25) is 9.69 Å². The molecule has 1 atom stereocenters. The molecule has 120 valence electrons. The minimum absolute atomic E-state index is 0.0543. The molecule has 0 spiro atoms. The van der Waals surface area contributed by atoms with E-state index in [1.807, 2.05) is 6.07 Å². The average molecular weight is 351 g/mol. The quantitative estimate of drug-likeness (QED) is 0.769. The van der Waals surface area contributed by atoms with Crippen molar-refractivity contribution in [3.8, 4) is 0 Å². The first-order chi connectivity index (χ1) is 11.0. The van der Waals surface area contributed by atoms with Crippen LogP contribution < -0.4 is 0 Å². The molecule has 0 radical (unpaired) electrons. The maximum absolute atomic E-state index is 12.5. The molecule has 2 aliphatic heterocycles. The molecular weight excluding hydrogens is 336 g/mol. The fourth-order valence-electron chi connectivity index (χ4n) is 2.76. The highest BCUT2D eigenvalue weighted by Gasteiger charge is 2.41. The number of halogens is 1. The van der Waals surface area contributed by atoms with Crippen molar-refractivity contribution < 1.29 is 14.3 Å². The fraction of sp³-hybridized carbons (Fsp3) is 0.312. The van der Waals surface area contributed by atoms with E-state index >= 15 is 0 Å². The Bertz CT molecular complexity index is 745. The number of amides is 1. The van der Waals surface area contributed by atoms with Gasteiger partial charge in [0.1, 0.15) is 0 Å². The number of carbonyl (C=O) groups is 2. The van der Waals surface area contributed by atoms with Gasteiger partial charge in [-0.05, 0) is 24.6 Å². The van der Waals surface area contributed by atoms with Gasteiger partial charge in [0.05, 0.1) is 24.4 Å². The minimum Gasteiger partial charge on any atom is -0.466 e. The molecule has 2 aliphatic rings. The van der Waals surface area contributed by atoms with Gasteiger partial charge in [-0.25, -0.2) is 9.79 Å². The molecule has 0 N–H and O–H groups in total. The van der Waals surface area contributed by atoms with Gasteiger partial charge in [-0.2, -0.15) is 0 Å². The first kappa shape index (κ1) is 16.1. The summed E-state index contributed by atoms with van der Waals surface area (Å²) in [6.07, 6.45) is 0.411. The number of allylic oxidation sites excluding steroid dienone is 1. The number of aliphatic imine (C=N–C) groups is 1. The molecule has 1 fully saturated rings. The molecule has 2 heterocycles. The van der Waals surface area contributed by atoms with Crippen LogP contribution in [-0.4, -0.2) is 34.8 Å². The highest BCUT2D eigenvalue weighted by molar-refractivity contribution is 8.14. The fourth-order valence-corrected chi connectivity index (χ4v) is 3.97. The van der Waals surface area contributed by atoms with Gasteiger partial charge in [0.15, 0.2) is 5.17 Å². The zero-order valence-electron chi connectivity index (χ0n) is 12.7. The van der Waals surface area contributed by atoms with E-state index in [2.05, 4.69) is 4.99 Å². The Balaban J connectivity index is 2.19. The third kappa shape index (κ3) is 2.88. The maximum atomic E-state index is 12.5. The second kappa shape index (κ2) is 6.37. The van der Waals surface area contributed by atoms with Gasteiger partial charge < -0.3 is 4.74 Å². The summed E-state index contributed by atoms with van der Waals surface area (Å²) >= 11 is 7.62. The Morgan fingerprint density at radius 2 is 2.26 bits per heavy atom. The number of ether oxygens (including phenoxy) is 1. The van der Waals surface area contributed by atoms with Crippen LogP contribution in [0.25, 0.3) is 0 Å². The van der Waals surface area contributed by atoms with Crippen LogP contribution in [0.2, 0.25) is 5.02 Å². The lowest BCUT2D eigenvalue weighted by molar-refractivity contribution is -0.137. The summed E-state index contributed by atoms with van der Waals surface area (Å²) in [7, 11) is 1.32. The number of thioether (sulfide) groups is 1. The van der Waals surface area contributed by atoms with Gasteiger partial charge in [0, 0.05) is 17.2 Å². The molecule has 1 aromatic carbocycles. The van der Waals surface area contributed by atoms with Crippen LogP contribution >= 0.6 is 23.4 Å². The van der Waals surface area contributed by atoms with E-state index in [0.29, 0.717) is 33.6 Å². The highest BCUT2D eigenvalue weighted by atomic mass is 35.5. The van der Waals surface area contributed by atoms with Gasteiger partial charge in [0.2, 0.25) is 5.91 Å². The van der Waals surface area contributed by atoms with Crippen LogP contribution in [0.5, 0.6) is 0 Å². The van der Waals surface area contributed by atoms with E-state index in [-0.39, 0.29) is 5.91 Å². The lowest BCUT2D eigenvalue weighted by Gasteiger charge is -2.38. The average Bonchev–Trinajstić information content (AvgIpc) is 2.53. The SMILES string of the molecule is COC(=O)C1=C(C)N=C2SCCC(=O)N2[C@H]1c1cccc(Cl)c1. The predicted molar refractivity (Wildman–Crippen MR) is 90.3 cm³/mol. The second-order valence-electron chi connectivity index (χ2n) is 5.20. The van der Waals surface area contributed by atoms with Gasteiger partial charge in [0.25, 0.3) is 0 Å². The zero-order valence-corrected chi connectivity index (χ0v) is 14.3. The topological polar surface area (TPSA) is 59.0 Å². The third-order valence-corrected chi connectivity index (χ3v) is 4.97. The van der Waals surface area contributed by atoms with Crippen molar-refractivity contribution in [2.24, 2.45) is 4.99 Å². The standard InChI is InChI=1S/C16H15ClN2O3S/c1-9-13(15(21)22-2)14(10-4-3-5-11(17)8-10)19-12(20)6-7-23-16(19)18-9/h3-5,8,14H,6-7H2,1-2H3/t14-/m0/s1. The number of carbonyl (C=O) groups excluding carboxylic acids is 2. The number of methoxy groups -OCH3 is 1. The molecular formula is C16H15ClN2O3S. The van der Waals surface area contributed by atoms with Crippen LogP contribution in [0.3, 0.4) is 0 Å². The Labute approximate surface area is 143 Å². The molecule has 1 saturated heterocycles. The molecule has 23 heavy (non-hydrogen) atoms. The van der Waals surface area contributed by atoms with Crippen molar-refractivity contribution in [1.29, 1.82) is 0 Å². The summed E-state index contributed by atoms with van der Waals surface area (Å²) in [6, 6.07) is 6.60. The van der Waals surface area contributed by atoms with E-state index < -0.39 is 12.0 Å². The summed E-state index contributed by atoms with van der Waals surface area (Å²) in [5.74, 6) is 0.150. The van der Waals surface area contributed by atoms with Crippen molar-refractivity contribution in [3.05, 3.63) is 46.1 Å². The van der Waals surface area contributed by atoms with Crippen LogP contribution in [0.15, 0.2) is 40.5 Å². The van der Waals surface area contributed by atoms with Crippen LogP contribution in [0, 0.1) is 0 Å². The molecule has 1 aromatic rings. The number of rotatable bonds is 2. The van der Waals surface area contributed by atoms with Crippen LogP contribution in [0.1, 0.15) is 24.9 Å². The summed E-state index contributed by atoms with van der Waals surface area (Å²) in [5.41, 5.74) is 1.70. The van der Waals surface area contributed by atoms with Crippen molar-refractivity contribution in [3.63, 3.8) is 0 Å². The van der Waals surface area contributed by atoms with Crippen LogP contribution in [0.4, 0.5) is 0 Å². The first-order valence-corrected chi connectivity index (χ1v) is 8.47. The number of benzene rings is 1. The van der Waals surface area contributed by atoms with Crippen LogP contribution in [-0.2, 0) is 14.3 Å². The molecule has 0 aromatic heterocycles. The minimum atomic E-state index is -0.561. The molecule has 3 rings (SSSR count). The molecule has 0 aliphatic carbocycles. The summed E-state index contributed by atoms with van der Waals surface area (Å²) in [4.78, 5) is 30.8. The molecule has 1 amide bonds. The molecule has 7 heteroatoms. The lowest BCUT2D eigenvalue weighted by atomic mass is 9.94. The molecule has 5 nitrogen and oxygen atoms in total. The van der Waals surface area contributed by atoms with Crippen molar-refractivity contribution in [1.82, 2.24) is 4.90 Å². The summed E-state index contributed by atoms with van der Waals surface area (Å²) < 4.78 is 4.91. The van der Waals surface area contributed by atoms with Crippen molar-refractivity contribution in [2.45, 2.75) is 19.4 Å². The Morgan fingerprint density at radius 3 is 2.96 bits per heavy atom. The Morgan fingerprint density at radius 1 is 1.48 bits per heavy atom. The smallest absolute Gasteiger partial charge is 0.338 e. The normalized spacial score (nSPS) is 21.0. The Kier molecular flexibility index (Phi) is 4.46. The number of fused-ring (bicyclic) bond motifs is 1. The number of hydrogen-bond acceptors (Lipinski definition) is 5. The van der Waals surface area contributed by atoms with Crippen molar-refractivity contribution in [2.75, 3.05) is 12.9 Å². The molecule has 0 saturated carbocycles. The third-order valence-electron chi connectivity index (χ3n) is 3.78. The number of amidine groups is 1. The summed E-state index contributed by atoms with van der Waals surface area (Å²) in [5, 5.41) is 1.17. The van der Waals surface area contributed by atoms with E-state index in [4.69, 9.17) is 16.3 Å². The largest absolute Gasteiger partial charge is 0.466 e. The second-order valence-corrected chi connectivity index (χ2v) is 6.70. The molecule has 0 unspecified atom stereocenters. The lowest BCUT2D eigenvalue weighted by Crippen LogP contribution is -2.45. The van der Waals surface area contributed by atoms with Gasteiger partial charge in [-0.15, -0.1) is 0 Å². The number of esters is 1. The van der Waals surface area contributed by atoms with E-state index in [0.717, 1.165) is 5.56 Å². The number of hydrogen-bond donors (Lipinski definition) is 0. The zero-order chi connectivity index (χ0) is 16.6. The summed E-state index contributed by atoms with van der Waals surface area (Å²) in [6.45, 7) is 1.76. The first-order valence-electron chi connectivity index (χ1n) is 7.11. The van der Waals surface area contributed by atoms with E-state index in [1.54, 1.807) is 30.0 Å². The molecule has 0 bridgehead atoms. The number of nitrogens with zero attached hydrogens (tertiary/aromatic N) is 2. The van der Waals surface area contributed by atoms with Crippen molar-refractivity contribution >= 4 is 40.4 Å². The maximum Gasteiger partial charge on any atom is 0.338 e. The van der Waals surface area contributed by atoms with Gasteiger partial charge >= 0.3 is 5.97 Å². The monoisotopic (exact) mass is 350 g/mol. The van der Waals surface area contributed by atoms with E-state index in [9.17, 15) is 9.59 Å².